The van der Waals surface area contributed by atoms with Gasteiger partial charge in [-0.1, -0.05) is 11.3 Å². The summed E-state index contributed by atoms with van der Waals surface area (Å²) in [6.45, 7) is 6.02. The number of carbonyl (C=O) groups is 2. The van der Waals surface area contributed by atoms with Crippen LogP contribution in [0.2, 0.25) is 0 Å². The van der Waals surface area contributed by atoms with E-state index in [2.05, 4.69) is 30.4 Å². The van der Waals surface area contributed by atoms with Crippen molar-refractivity contribution in [2.75, 3.05) is 50.5 Å². The van der Waals surface area contributed by atoms with Crippen LogP contribution >= 0.6 is 22.7 Å². The zero-order valence-corrected chi connectivity index (χ0v) is 19.0. The van der Waals surface area contributed by atoms with E-state index in [0.29, 0.717) is 16.8 Å². The van der Waals surface area contributed by atoms with E-state index in [0.717, 1.165) is 53.6 Å². The van der Waals surface area contributed by atoms with Crippen LogP contribution in [-0.2, 0) is 16.1 Å². The van der Waals surface area contributed by atoms with E-state index < -0.39 is 0 Å². The fourth-order valence-corrected chi connectivity index (χ4v) is 5.17. The molecular formula is C20H24N6O3S2. The average molecular weight is 461 g/mol. The summed E-state index contributed by atoms with van der Waals surface area (Å²) in [4.78, 5) is 37.9. The average Bonchev–Trinajstić information content (AvgIpc) is 3.34. The van der Waals surface area contributed by atoms with E-state index in [1.807, 2.05) is 24.4 Å². The number of benzene rings is 1. The molecule has 0 radical (unpaired) electrons. The molecule has 0 aliphatic carbocycles. The summed E-state index contributed by atoms with van der Waals surface area (Å²) in [6.07, 6.45) is 1.81. The number of amides is 2. The predicted molar refractivity (Wildman–Crippen MR) is 123 cm³/mol. The number of anilines is 2. The van der Waals surface area contributed by atoms with Crippen LogP contribution in [0, 0.1) is 0 Å². The maximum Gasteiger partial charge on any atom is 0.240 e. The Labute approximate surface area is 188 Å². The first-order valence-electron chi connectivity index (χ1n) is 9.90. The highest BCUT2D eigenvalue weighted by Gasteiger charge is 2.20. The molecule has 2 amide bonds. The molecule has 0 saturated carbocycles. The molecular weight excluding hydrogens is 436 g/mol. The number of nitrogens with one attached hydrogen (secondary N) is 2. The van der Waals surface area contributed by atoms with Gasteiger partial charge in [-0.05, 0) is 18.2 Å². The minimum atomic E-state index is -0.113. The minimum Gasteiger partial charge on any atom is -0.497 e. The van der Waals surface area contributed by atoms with Crippen molar-refractivity contribution in [3.8, 4) is 5.75 Å². The van der Waals surface area contributed by atoms with E-state index >= 15 is 0 Å². The summed E-state index contributed by atoms with van der Waals surface area (Å²) in [5.74, 6) is 0.608. The van der Waals surface area contributed by atoms with Gasteiger partial charge in [0.25, 0.3) is 0 Å². The molecule has 1 aromatic carbocycles. The Morgan fingerprint density at radius 2 is 1.87 bits per heavy atom. The third kappa shape index (κ3) is 5.76. The molecule has 4 rings (SSSR count). The number of methoxy groups -OCH3 is 1. The van der Waals surface area contributed by atoms with Crippen LogP contribution in [0.1, 0.15) is 11.8 Å². The lowest BCUT2D eigenvalue weighted by molar-refractivity contribution is -0.117. The van der Waals surface area contributed by atoms with Crippen LogP contribution in [0.15, 0.2) is 24.4 Å². The Balaban J connectivity index is 1.23. The number of nitrogens with zero attached hydrogens (tertiary/aromatic N) is 4. The lowest BCUT2D eigenvalue weighted by atomic mass is 10.3. The van der Waals surface area contributed by atoms with Gasteiger partial charge in [0.05, 0.1) is 23.9 Å². The Bertz CT molecular complexity index is 1070. The van der Waals surface area contributed by atoms with Gasteiger partial charge in [-0.15, -0.1) is 11.3 Å². The standard InChI is InChI=1S/C20H24N6O3S2/c1-13(27)22-19-21-10-15(30-19)11-25-5-7-26(8-6-25)12-18(28)24-20-23-16-4-3-14(29-2)9-17(16)31-20/h3-4,9-10H,5-8,11-12H2,1-2H3,(H,21,22,27)(H,23,24,28). The van der Waals surface area contributed by atoms with E-state index in [-0.39, 0.29) is 11.8 Å². The zero-order chi connectivity index (χ0) is 21.8. The van der Waals surface area contributed by atoms with Gasteiger partial charge in [0.1, 0.15) is 5.75 Å². The van der Waals surface area contributed by atoms with Gasteiger partial charge in [0, 0.05) is 50.7 Å². The molecule has 31 heavy (non-hydrogen) atoms. The number of thiazole rings is 2. The molecule has 1 aliphatic heterocycles. The van der Waals surface area contributed by atoms with Crippen LogP contribution in [0.4, 0.5) is 10.3 Å². The Morgan fingerprint density at radius 3 is 2.61 bits per heavy atom. The lowest BCUT2D eigenvalue weighted by Gasteiger charge is -2.33. The van der Waals surface area contributed by atoms with Crippen LogP contribution in [0.25, 0.3) is 10.2 Å². The predicted octanol–water partition coefficient (Wildman–Crippen LogP) is 2.48. The van der Waals surface area contributed by atoms with Gasteiger partial charge in [0.2, 0.25) is 11.8 Å². The summed E-state index contributed by atoms with van der Waals surface area (Å²) in [5.41, 5.74) is 0.847. The summed E-state index contributed by atoms with van der Waals surface area (Å²) in [5, 5.41) is 6.86. The van der Waals surface area contributed by atoms with Gasteiger partial charge >= 0.3 is 0 Å². The molecule has 1 saturated heterocycles. The number of ether oxygens (including phenoxy) is 1. The van der Waals surface area contributed by atoms with Crippen LogP contribution in [-0.4, -0.2) is 71.4 Å². The van der Waals surface area contributed by atoms with E-state index in [4.69, 9.17) is 4.74 Å². The lowest BCUT2D eigenvalue weighted by Crippen LogP contribution is -2.48. The third-order valence-electron chi connectivity index (χ3n) is 4.89. The van der Waals surface area contributed by atoms with Gasteiger partial charge in [-0.2, -0.15) is 0 Å². The molecule has 0 bridgehead atoms. The van der Waals surface area contributed by atoms with E-state index in [1.54, 1.807) is 7.11 Å². The fraction of sp³-hybridized carbons (Fsp3) is 0.400. The summed E-state index contributed by atoms with van der Waals surface area (Å²) in [6, 6.07) is 5.67. The zero-order valence-electron chi connectivity index (χ0n) is 17.4. The van der Waals surface area contributed by atoms with Crippen molar-refractivity contribution < 1.29 is 14.3 Å². The molecule has 1 aliphatic rings. The quantitative estimate of drug-likeness (QED) is 0.559. The van der Waals surface area contributed by atoms with Crippen molar-refractivity contribution in [2.45, 2.75) is 13.5 Å². The monoisotopic (exact) mass is 460 g/mol. The van der Waals surface area contributed by atoms with E-state index in [1.165, 1.54) is 29.6 Å². The number of hydrogen-bond acceptors (Lipinski definition) is 9. The molecule has 2 aromatic heterocycles. The molecule has 0 atom stereocenters. The highest BCUT2D eigenvalue weighted by Crippen LogP contribution is 2.29. The van der Waals surface area contributed by atoms with Gasteiger partial charge < -0.3 is 15.4 Å². The topological polar surface area (TPSA) is 99.7 Å². The first-order valence-corrected chi connectivity index (χ1v) is 11.5. The molecule has 11 heteroatoms. The number of hydrogen-bond donors (Lipinski definition) is 2. The van der Waals surface area contributed by atoms with Crippen molar-refractivity contribution in [2.24, 2.45) is 0 Å². The molecule has 0 unspecified atom stereocenters. The Hall–Kier alpha value is -2.60. The number of rotatable bonds is 7. The second kappa shape index (κ2) is 9.69. The van der Waals surface area contributed by atoms with Crippen molar-refractivity contribution >= 4 is 55.0 Å². The minimum absolute atomic E-state index is 0.0538. The summed E-state index contributed by atoms with van der Waals surface area (Å²) in [7, 11) is 1.63. The second-order valence-corrected chi connectivity index (χ2v) is 9.41. The highest BCUT2D eigenvalue weighted by atomic mass is 32.1. The van der Waals surface area contributed by atoms with Crippen LogP contribution in [0.3, 0.4) is 0 Å². The molecule has 0 spiro atoms. The molecule has 3 heterocycles. The molecule has 3 aromatic rings. The first-order chi connectivity index (χ1) is 15.0. The maximum absolute atomic E-state index is 12.5. The number of piperazine rings is 1. The number of aromatic nitrogens is 2. The molecule has 164 valence electrons. The fourth-order valence-electron chi connectivity index (χ4n) is 3.36. The number of carbonyl (C=O) groups excluding carboxylic acids is 2. The largest absolute Gasteiger partial charge is 0.497 e. The first kappa shape index (κ1) is 21.6. The highest BCUT2D eigenvalue weighted by molar-refractivity contribution is 7.22. The Morgan fingerprint density at radius 1 is 1.10 bits per heavy atom. The van der Waals surface area contributed by atoms with E-state index in [9.17, 15) is 9.59 Å². The third-order valence-corrected chi connectivity index (χ3v) is 6.72. The number of fused-ring (bicyclic) bond motifs is 1. The smallest absolute Gasteiger partial charge is 0.240 e. The molecule has 9 nitrogen and oxygen atoms in total. The SMILES string of the molecule is COc1ccc2nc(NC(=O)CN3CCN(Cc4cnc(NC(C)=O)s4)CC3)sc2c1. The second-order valence-electron chi connectivity index (χ2n) is 7.27. The van der Waals surface area contributed by atoms with Crippen molar-refractivity contribution in [3.63, 3.8) is 0 Å². The Kier molecular flexibility index (Phi) is 6.76. The summed E-state index contributed by atoms with van der Waals surface area (Å²) >= 11 is 2.94. The van der Waals surface area contributed by atoms with Crippen molar-refractivity contribution in [3.05, 3.63) is 29.3 Å². The van der Waals surface area contributed by atoms with Crippen LogP contribution < -0.4 is 15.4 Å². The summed E-state index contributed by atoms with van der Waals surface area (Å²) < 4.78 is 6.22. The molecule has 1 fully saturated rings. The normalized spacial score (nSPS) is 15.2. The van der Waals surface area contributed by atoms with Gasteiger partial charge in [-0.25, -0.2) is 9.97 Å². The maximum atomic E-state index is 12.5. The van der Waals surface area contributed by atoms with Gasteiger partial charge in [-0.3, -0.25) is 19.4 Å². The molecule has 2 N–H and O–H groups in total. The van der Waals surface area contributed by atoms with Crippen LogP contribution in [0.5, 0.6) is 5.75 Å². The van der Waals surface area contributed by atoms with Crippen molar-refractivity contribution in [1.29, 1.82) is 0 Å². The van der Waals surface area contributed by atoms with Crippen molar-refractivity contribution in [1.82, 2.24) is 19.8 Å². The van der Waals surface area contributed by atoms with Gasteiger partial charge in [0.15, 0.2) is 10.3 Å².